The zero-order valence-corrected chi connectivity index (χ0v) is 20.3. The Kier molecular flexibility index (Phi) is 6.85. The number of nitrogens with one attached hydrogen (secondary N) is 1. The van der Waals surface area contributed by atoms with Gasteiger partial charge in [0.05, 0.1) is 24.7 Å². The summed E-state index contributed by atoms with van der Waals surface area (Å²) in [6.45, 7) is 0.773. The Bertz CT molecular complexity index is 1200. The third-order valence-corrected chi connectivity index (χ3v) is 7.38. The van der Waals surface area contributed by atoms with Crippen LogP contribution in [0, 0.1) is 11.3 Å². The van der Waals surface area contributed by atoms with Gasteiger partial charge in [-0.2, -0.15) is 5.26 Å². The molecule has 3 aromatic rings. The Morgan fingerprint density at radius 2 is 1.91 bits per heavy atom. The van der Waals surface area contributed by atoms with Crippen LogP contribution in [0.5, 0.6) is 11.5 Å². The number of nitrogens with zero attached hydrogens (tertiary/aromatic N) is 3. The minimum absolute atomic E-state index is 0.220. The lowest BCUT2D eigenvalue weighted by atomic mass is 9.69. The number of nitriles is 1. The Morgan fingerprint density at radius 1 is 1.09 bits per heavy atom. The highest BCUT2D eigenvalue weighted by molar-refractivity contribution is 5.54. The van der Waals surface area contributed by atoms with Crippen LogP contribution in [-0.4, -0.2) is 29.7 Å². The third kappa shape index (κ3) is 4.95. The molecule has 5 rings (SSSR count). The summed E-state index contributed by atoms with van der Waals surface area (Å²) in [7, 11) is 1.66. The first kappa shape index (κ1) is 23.2. The van der Waals surface area contributed by atoms with Crippen LogP contribution in [0.25, 0.3) is 0 Å². The van der Waals surface area contributed by atoms with Crippen LogP contribution in [-0.2, 0) is 24.7 Å². The lowest BCUT2D eigenvalue weighted by Gasteiger charge is -2.33. The van der Waals surface area contributed by atoms with E-state index in [1.807, 2.05) is 24.3 Å². The smallest absolute Gasteiger partial charge is 0.161 e. The first-order valence-electron chi connectivity index (χ1n) is 12.6. The van der Waals surface area contributed by atoms with E-state index in [1.54, 1.807) is 13.4 Å². The summed E-state index contributed by atoms with van der Waals surface area (Å²) in [5, 5.41) is 14.0. The second-order valence-corrected chi connectivity index (χ2v) is 9.57. The van der Waals surface area contributed by atoms with Gasteiger partial charge in [-0.05, 0) is 68.2 Å². The number of fused-ring (bicyclic) bond motifs is 1. The molecule has 2 aromatic carbocycles. The first-order chi connectivity index (χ1) is 17.2. The Balaban J connectivity index is 1.39. The van der Waals surface area contributed by atoms with Gasteiger partial charge >= 0.3 is 0 Å². The summed E-state index contributed by atoms with van der Waals surface area (Å²) in [4.78, 5) is 9.10. The number of hydrogen-bond acceptors (Lipinski definition) is 6. The van der Waals surface area contributed by atoms with E-state index < -0.39 is 5.41 Å². The topological polar surface area (TPSA) is 80.1 Å². The highest BCUT2D eigenvalue weighted by Gasteiger charge is 2.39. The lowest BCUT2D eigenvalue weighted by molar-refractivity contribution is 0.200. The average molecular weight is 469 g/mol. The SMILES string of the molecule is COc1ccc(C2(C#N)CCc3ncnc(NCCc4ccccc4)c3C2)cc1OC1CCCC1. The quantitative estimate of drug-likeness (QED) is 0.476. The van der Waals surface area contributed by atoms with Crippen molar-refractivity contribution in [1.82, 2.24) is 9.97 Å². The van der Waals surface area contributed by atoms with Crippen LogP contribution < -0.4 is 14.8 Å². The standard InChI is InChI=1S/C29H32N4O2/c1-34-26-12-11-22(17-27(26)35-23-9-5-6-10-23)29(19-30)15-13-25-24(18-29)28(33-20-32-25)31-16-14-21-7-3-2-4-8-21/h2-4,7-8,11-12,17,20,23H,5-6,9-10,13-16,18H2,1H3,(H,31,32,33). The van der Waals surface area contributed by atoms with Crippen LogP contribution in [0.3, 0.4) is 0 Å². The molecule has 0 spiro atoms. The fourth-order valence-electron chi connectivity index (χ4n) is 5.35. The predicted molar refractivity (Wildman–Crippen MR) is 136 cm³/mol. The van der Waals surface area contributed by atoms with Crippen molar-refractivity contribution in [3.05, 3.63) is 77.2 Å². The number of methoxy groups -OCH3 is 1. The van der Waals surface area contributed by atoms with Gasteiger partial charge in [0.25, 0.3) is 0 Å². The van der Waals surface area contributed by atoms with Crippen LogP contribution in [0.2, 0.25) is 0 Å². The Morgan fingerprint density at radius 3 is 2.69 bits per heavy atom. The minimum Gasteiger partial charge on any atom is -0.493 e. The van der Waals surface area contributed by atoms with E-state index in [1.165, 1.54) is 18.4 Å². The average Bonchev–Trinajstić information content (AvgIpc) is 3.42. The van der Waals surface area contributed by atoms with Gasteiger partial charge in [0.1, 0.15) is 12.1 Å². The fraction of sp³-hybridized carbons (Fsp3) is 0.414. The van der Waals surface area contributed by atoms with Crippen molar-refractivity contribution >= 4 is 5.82 Å². The van der Waals surface area contributed by atoms with Gasteiger partial charge in [-0.3, -0.25) is 0 Å². The van der Waals surface area contributed by atoms with E-state index in [0.717, 1.165) is 66.4 Å². The molecule has 0 radical (unpaired) electrons. The molecule has 1 heterocycles. The molecule has 35 heavy (non-hydrogen) atoms. The molecule has 1 N–H and O–H groups in total. The zero-order valence-electron chi connectivity index (χ0n) is 20.3. The van der Waals surface area contributed by atoms with Crippen molar-refractivity contribution in [1.29, 1.82) is 5.26 Å². The molecule has 1 saturated carbocycles. The van der Waals surface area contributed by atoms with Gasteiger partial charge in [0.2, 0.25) is 0 Å². The summed E-state index contributed by atoms with van der Waals surface area (Å²) < 4.78 is 11.9. The van der Waals surface area contributed by atoms with E-state index in [9.17, 15) is 5.26 Å². The molecule has 0 saturated heterocycles. The molecule has 0 bridgehead atoms. The summed E-state index contributed by atoms with van der Waals surface area (Å²) in [6, 6.07) is 19.1. The molecular formula is C29H32N4O2. The lowest BCUT2D eigenvalue weighted by Crippen LogP contribution is -2.33. The summed E-state index contributed by atoms with van der Waals surface area (Å²) >= 11 is 0. The Hall–Kier alpha value is -3.59. The van der Waals surface area contributed by atoms with Crippen molar-refractivity contribution in [2.24, 2.45) is 0 Å². The van der Waals surface area contributed by atoms with Crippen molar-refractivity contribution in [2.75, 3.05) is 19.0 Å². The van der Waals surface area contributed by atoms with Gasteiger partial charge < -0.3 is 14.8 Å². The van der Waals surface area contributed by atoms with E-state index in [-0.39, 0.29) is 6.10 Å². The maximum absolute atomic E-state index is 10.5. The normalized spacial score (nSPS) is 19.5. The zero-order chi connectivity index (χ0) is 24.1. The molecular weight excluding hydrogens is 436 g/mol. The molecule has 1 unspecified atom stereocenters. The van der Waals surface area contributed by atoms with Gasteiger partial charge in [-0.15, -0.1) is 0 Å². The maximum atomic E-state index is 10.5. The van der Waals surface area contributed by atoms with E-state index >= 15 is 0 Å². The second-order valence-electron chi connectivity index (χ2n) is 9.57. The molecule has 180 valence electrons. The van der Waals surface area contributed by atoms with E-state index in [2.05, 4.69) is 45.6 Å². The number of benzene rings is 2. The Labute approximate surface area is 207 Å². The van der Waals surface area contributed by atoms with Crippen molar-refractivity contribution in [2.45, 2.75) is 62.9 Å². The highest BCUT2D eigenvalue weighted by Crippen LogP contribution is 2.43. The van der Waals surface area contributed by atoms with Crippen LogP contribution in [0.15, 0.2) is 54.9 Å². The molecule has 2 aliphatic carbocycles. The highest BCUT2D eigenvalue weighted by atomic mass is 16.5. The van der Waals surface area contributed by atoms with Crippen LogP contribution in [0.1, 0.15) is 54.5 Å². The minimum atomic E-state index is -0.659. The number of rotatable bonds is 8. The summed E-state index contributed by atoms with van der Waals surface area (Å²) in [5.74, 6) is 2.29. The fourth-order valence-corrected chi connectivity index (χ4v) is 5.35. The number of hydrogen-bond donors (Lipinski definition) is 1. The largest absolute Gasteiger partial charge is 0.493 e. The molecule has 6 heteroatoms. The van der Waals surface area contributed by atoms with Crippen LogP contribution >= 0.6 is 0 Å². The molecule has 1 aromatic heterocycles. The molecule has 1 atom stereocenters. The van der Waals surface area contributed by atoms with Crippen LogP contribution in [0.4, 0.5) is 5.82 Å². The maximum Gasteiger partial charge on any atom is 0.161 e. The van der Waals surface area contributed by atoms with Crippen molar-refractivity contribution < 1.29 is 9.47 Å². The summed E-state index contributed by atoms with van der Waals surface area (Å²) in [6.07, 6.45) is 9.32. The second kappa shape index (κ2) is 10.4. The van der Waals surface area contributed by atoms with Gasteiger partial charge in [0.15, 0.2) is 11.5 Å². The molecule has 6 nitrogen and oxygen atoms in total. The predicted octanol–water partition coefficient (Wildman–Crippen LogP) is 5.41. The number of aromatic nitrogens is 2. The molecule has 1 fully saturated rings. The number of anilines is 1. The number of aryl methyl sites for hydroxylation is 1. The van der Waals surface area contributed by atoms with Crippen molar-refractivity contribution in [3.63, 3.8) is 0 Å². The monoisotopic (exact) mass is 468 g/mol. The summed E-state index contributed by atoms with van der Waals surface area (Å²) in [5.41, 5.74) is 3.67. The van der Waals surface area contributed by atoms with Gasteiger partial charge in [0, 0.05) is 24.2 Å². The van der Waals surface area contributed by atoms with Gasteiger partial charge in [-0.1, -0.05) is 36.4 Å². The van der Waals surface area contributed by atoms with E-state index in [4.69, 9.17) is 9.47 Å². The number of ether oxygens (including phenoxy) is 2. The third-order valence-electron chi connectivity index (χ3n) is 7.38. The molecule has 2 aliphatic rings. The van der Waals surface area contributed by atoms with Gasteiger partial charge in [-0.25, -0.2) is 9.97 Å². The molecule has 0 aliphatic heterocycles. The van der Waals surface area contributed by atoms with Crippen molar-refractivity contribution in [3.8, 4) is 17.6 Å². The van der Waals surface area contributed by atoms with E-state index in [0.29, 0.717) is 12.8 Å². The molecule has 0 amide bonds. The first-order valence-corrected chi connectivity index (χ1v) is 12.6.